The molecule has 76 valence electrons. The molecule has 0 aromatic heterocycles. The Morgan fingerprint density at radius 3 is 2.47 bits per heavy atom. The molecule has 15 heavy (non-hydrogen) atoms. The van der Waals surface area contributed by atoms with Crippen LogP contribution in [0, 0.1) is 0 Å². The van der Waals surface area contributed by atoms with Crippen LogP contribution in [0.1, 0.15) is 5.56 Å². The third-order valence-corrected chi connectivity index (χ3v) is 5.36. The minimum atomic E-state index is -0.104. The molecule has 2 aromatic rings. The van der Waals surface area contributed by atoms with Crippen LogP contribution in [0.2, 0.25) is 5.02 Å². The molecule has 0 atom stereocenters. The van der Waals surface area contributed by atoms with E-state index in [0.717, 1.165) is 5.02 Å². The third-order valence-electron chi connectivity index (χ3n) is 2.04. The van der Waals surface area contributed by atoms with E-state index >= 15 is 0 Å². The van der Waals surface area contributed by atoms with Gasteiger partial charge in [0.05, 0.1) is 0 Å². The van der Waals surface area contributed by atoms with E-state index < -0.39 is 0 Å². The van der Waals surface area contributed by atoms with Gasteiger partial charge >= 0.3 is 106 Å². The Bertz CT molecular complexity index is 426. The van der Waals surface area contributed by atoms with Gasteiger partial charge in [-0.1, -0.05) is 0 Å². The second kappa shape index (κ2) is 5.56. The zero-order chi connectivity index (χ0) is 10.5. The Hall–Kier alpha value is -0.480. The van der Waals surface area contributed by atoms with E-state index in [-0.39, 0.29) is 20.9 Å². The monoisotopic (exact) mass is 332 g/mol. The van der Waals surface area contributed by atoms with Crippen LogP contribution in [0.25, 0.3) is 0 Å². The van der Waals surface area contributed by atoms with Crippen LogP contribution in [0.3, 0.4) is 0 Å². The quantitative estimate of drug-likeness (QED) is 0.759. The first kappa shape index (κ1) is 11.0. The van der Waals surface area contributed by atoms with Crippen molar-refractivity contribution in [3.63, 3.8) is 0 Å². The first-order valence-electron chi connectivity index (χ1n) is 4.77. The molecule has 0 saturated carbocycles. The van der Waals surface area contributed by atoms with Crippen molar-refractivity contribution >= 4 is 36.1 Å². The molecule has 0 unspecified atom stereocenters. The van der Waals surface area contributed by atoms with Crippen LogP contribution in [0.5, 0.6) is 0 Å². The molecular weight excluding hydrogens is 319 g/mol. The summed E-state index contributed by atoms with van der Waals surface area (Å²) in [6, 6.07) is 18.9. The molecule has 0 fully saturated rings. The van der Waals surface area contributed by atoms with E-state index in [1.54, 1.807) is 0 Å². The molecule has 0 nitrogen and oxygen atoms in total. The average Bonchev–Trinajstić information content (AvgIpc) is 2.28. The number of rotatable bonds is 3. The van der Waals surface area contributed by atoms with E-state index in [1.165, 1.54) is 13.6 Å². The van der Waals surface area contributed by atoms with E-state index in [1.807, 2.05) is 12.1 Å². The number of hydrogen-bond acceptors (Lipinski definition) is 0. The number of hydrogen-bond donors (Lipinski definition) is 0. The molecule has 0 bridgehead atoms. The first-order chi connectivity index (χ1) is 7.34. The maximum absolute atomic E-state index is 5.94. The van der Waals surface area contributed by atoms with Gasteiger partial charge in [-0.3, -0.25) is 0 Å². The van der Waals surface area contributed by atoms with Crippen molar-refractivity contribution in [1.29, 1.82) is 0 Å². The Balaban J connectivity index is 1.99. The summed E-state index contributed by atoms with van der Waals surface area (Å²) in [5.41, 5.74) is 1.36. The van der Waals surface area contributed by atoms with E-state index in [4.69, 9.17) is 11.6 Å². The summed E-state index contributed by atoms with van der Waals surface area (Å²) in [7, 11) is 0. The Morgan fingerprint density at radius 1 is 0.933 bits per heavy atom. The van der Waals surface area contributed by atoms with Crippen molar-refractivity contribution in [2.75, 3.05) is 0 Å². The van der Waals surface area contributed by atoms with Gasteiger partial charge < -0.3 is 0 Å². The second-order valence-electron chi connectivity index (χ2n) is 3.23. The van der Waals surface area contributed by atoms with Crippen molar-refractivity contribution in [3.05, 3.63) is 65.2 Å². The molecule has 2 heteroatoms. The molecule has 0 aliphatic carbocycles. The minimum absolute atomic E-state index is 0.104. The predicted octanol–water partition coefficient (Wildman–Crippen LogP) is 2.87. The van der Waals surface area contributed by atoms with E-state index in [9.17, 15) is 0 Å². The zero-order valence-electron chi connectivity index (χ0n) is 8.19. The average molecular weight is 330 g/mol. The molecular formula is C13H11ClTe. The molecule has 0 radical (unpaired) electrons. The van der Waals surface area contributed by atoms with Crippen LogP contribution in [-0.4, -0.2) is 20.9 Å². The Labute approximate surface area is 105 Å². The first-order valence-corrected chi connectivity index (χ1v) is 7.96. The van der Waals surface area contributed by atoms with Crippen molar-refractivity contribution in [2.24, 2.45) is 0 Å². The Morgan fingerprint density at radius 2 is 1.73 bits per heavy atom. The third kappa shape index (κ3) is 3.54. The molecule has 0 heterocycles. The van der Waals surface area contributed by atoms with Crippen molar-refractivity contribution in [2.45, 2.75) is 4.47 Å². The molecule has 0 spiro atoms. The number of benzene rings is 2. The van der Waals surface area contributed by atoms with Gasteiger partial charge in [-0.15, -0.1) is 0 Å². The fourth-order valence-corrected chi connectivity index (χ4v) is 3.98. The van der Waals surface area contributed by atoms with Crippen LogP contribution >= 0.6 is 11.6 Å². The van der Waals surface area contributed by atoms with Gasteiger partial charge in [0.1, 0.15) is 0 Å². The summed E-state index contributed by atoms with van der Waals surface area (Å²) in [4.78, 5) is 0. The van der Waals surface area contributed by atoms with Crippen molar-refractivity contribution in [3.8, 4) is 0 Å². The molecule has 0 N–H and O–H groups in total. The van der Waals surface area contributed by atoms with E-state index in [2.05, 4.69) is 42.5 Å². The van der Waals surface area contributed by atoms with Gasteiger partial charge in [-0.05, 0) is 0 Å². The summed E-state index contributed by atoms with van der Waals surface area (Å²) in [5, 5.41) is 0.841. The standard InChI is InChI=1S/C13H11ClTe/c14-12-6-4-5-11(9-12)10-15-13-7-2-1-3-8-13/h1-9H,10H2. The molecule has 0 aliphatic rings. The van der Waals surface area contributed by atoms with E-state index in [0.29, 0.717) is 0 Å². The van der Waals surface area contributed by atoms with Crippen LogP contribution in [-0.2, 0) is 4.47 Å². The Kier molecular flexibility index (Phi) is 4.09. The van der Waals surface area contributed by atoms with Gasteiger partial charge in [0.25, 0.3) is 0 Å². The van der Waals surface area contributed by atoms with Crippen LogP contribution in [0.15, 0.2) is 54.6 Å². The molecule has 2 rings (SSSR count). The molecule has 2 aromatic carbocycles. The van der Waals surface area contributed by atoms with Crippen LogP contribution < -0.4 is 3.61 Å². The SMILES string of the molecule is Clc1cccc(C[Te]c2ccccc2)c1. The molecule has 0 amide bonds. The summed E-state index contributed by atoms with van der Waals surface area (Å²) >= 11 is 5.84. The summed E-state index contributed by atoms with van der Waals surface area (Å²) in [6.45, 7) is 0. The normalized spacial score (nSPS) is 10.2. The van der Waals surface area contributed by atoms with Gasteiger partial charge in [0.2, 0.25) is 0 Å². The van der Waals surface area contributed by atoms with Gasteiger partial charge in [0.15, 0.2) is 0 Å². The topological polar surface area (TPSA) is 0 Å². The summed E-state index contributed by atoms with van der Waals surface area (Å²) in [5.74, 6) is 0. The van der Waals surface area contributed by atoms with Gasteiger partial charge in [-0.2, -0.15) is 0 Å². The van der Waals surface area contributed by atoms with Gasteiger partial charge in [-0.25, -0.2) is 0 Å². The van der Waals surface area contributed by atoms with Crippen LogP contribution in [0.4, 0.5) is 0 Å². The fraction of sp³-hybridized carbons (Fsp3) is 0.0769. The fourth-order valence-electron chi connectivity index (χ4n) is 1.31. The maximum atomic E-state index is 5.94. The summed E-state index contributed by atoms with van der Waals surface area (Å²) < 4.78 is 2.68. The van der Waals surface area contributed by atoms with Crippen molar-refractivity contribution < 1.29 is 0 Å². The second-order valence-corrected chi connectivity index (χ2v) is 6.66. The molecule has 0 saturated heterocycles. The molecule has 0 aliphatic heterocycles. The van der Waals surface area contributed by atoms with Crippen molar-refractivity contribution in [1.82, 2.24) is 0 Å². The summed E-state index contributed by atoms with van der Waals surface area (Å²) in [6.07, 6.45) is 0. The zero-order valence-corrected chi connectivity index (χ0v) is 11.3. The predicted molar refractivity (Wildman–Crippen MR) is 67.0 cm³/mol. The van der Waals surface area contributed by atoms with Gasteiger partial charge in [0, 0.05) is 0 Å². The number of halogens is 1.